The summed E-state index contributed by atoms with van der Waals surface area (Å²) in [7, 11) is -3.86. The summed E-state index contributed by atoms with van der Waals surface area (Å²) < 4.78 is 42.2. The average molecular weight is 481 g/mol. The highest BCUT2D eigenvalue weighted by Gasteiger charge is 2.26. The minimum absolute atomic E-state index is 0.0341. The van der Waals surface area contributed by atoms with Crippen LogP contribution in [0.3, 0.4) is 0 Å². The monoisotopic (exact) mass is 480 g/mol. The van der Waals surface area contributed by atoms with Crippen molar-refractivity contribution in [2.45, 2.75) is 24.8 Å². The number of hydrogen-bond donors (Lipinski definition) is 2. The van der Waals surface area contributed by atoms with Crippen LogP contribution in [-0.2, 0) is 19.6 Å². The molecule has 0 fully saturated rings. The second-order valence-electron chi connectivity index (χ2n) is 6.75. The predicted molar refractivity (Wildman–Crippen MR) is 115 cm³/mol. The molecule has 3 aromatic rings. The molecule has 1 amide bonds. The molecule has 12 heteroatoms. The number of nitrogens with one attached hydrogen (secondary N) is 1. The number of primary sulfonamides is 1. The number of carbonyl (C=O) groups excluding carboxylic acids is 2. The number of nitrogens with two attached hydrogens (primary N) is 1. The Bertz CT molecular complexity index is 1270. The standard InChI is InChI=1S/C20H18ClFN4O5S/c1-11-17(18(21)26(25-11)15-7-3-13(22)4-8-15)20(28)31-12(2)19(27)24-14-5-9-16(10-6-14)32(23,29)30/h3-10,12H,1-2H3,(H,24,27)(H2,23,29,30). The lowest BCUT2D eigenvalue weighted by Gasteiger charge is -2.13. The number of sulfonamides is 1. The van der Waals surface area contributed by atoms with Gasteiger partial charge >= 0.3 is 5.97 Å². The van der Waals surface area contributed by atoms with Crippen LogP contribution in [0.2, 0.25) is 5.15 Å². The van der Waals surface area contributed by atoms with Gasteiger partial charge in [0.25, 0.3) is 5.91 Å². The van der Waals surface area contributed by atoms with Gasteiger partial charge in [0.1, 0.15) is 16.5 Å². The number of aromatic nitrogens is 2. The summed E-state index contributed by atoms with van der Waals surface area (Å²) in [6, 6.07) is 10.5. The zero-order chi connectivity index (χ0) is 23.6. The van der Waals surface area contributed by atoms with Gasteiger partial charge in [-0.25, -0.2) is 27.4 Å². The van der Waals surface area contributed by atoms with Crippen LogP contribution in [0, 0.1) is 12.7 Å². The molecule has 0 aliphatic rings. The quantitative estimate of drug-likeness (QED) is 0.521. The number of amides is 1. The summed E-state index contributed by atoms with van der Waals surface area (Å²) in [5, 5.41) is 11.7. The van der Waals surface area contributed by atoms with E-state index in [0.29, 0.717) is 5.69 Å². The summed E-state index contributed by atoms with van der Waals surface area (Å²) in [5.74, 6) is -1.96. The summed E-state index contributed by atoms with van der Waals surface area (Å²) in [5.41, 5.74) is 0.944. The molecule has 0 radical (unpaired) electrons. The molecule has 1 unspecified atom stereocenters. The third-order valence-corrected chi connectivity index (χ3v) is 5.66. The van der Waals surface area contributed by atoms with Crippen LogP contribution in [0.4, 0.5) is 10.1 Å². The Labute approximate surface area is 188 Å². The van der Waals surface area contributed by atoms with Crippen molar-refractivity contribution in [3.63, 3.8) is 0 Å². The number of ether oxygens (including phenoxy) is 1. The van der Waals surface area contributed by atoms with Crippen molar-refractivity contribution in [1.82, 2.24) is 9.78 Å². The maximum absolute atomic E-state index is 13.2. The Balaban J connectivity index is 1.71. The molecular formula is C20H18ClFN4O5S. The van der Waals surface area contributed by atoms with E-state index in [1.54, 1.807) is 6.92 Å². The predicted octanol–water partition coefficient (Wildman–Crippen LogP) is 2.80. The maximum atomic E-state index is 13.2. The number of benzene rings is 2. The molecule has 0 aliphatic carbocycles. The van der Waals surface area contributed by atoms with Crippen LogP contribution in [0.15, 0.2) is 53.4 Å². The van der Waals surface area contributed by atoms with Crippen LogP contribution in [0.5, 0.6) is 0 Å². The zero-order valence-electron chi connectivity index (χ0n) is 16.9. The van der Waals surface area contributed by atoms with Crippen molar-refractivity contribution in [2.75, 3.05) is 5.32 Å². The fourth-order valence-electron chi connectivity index (χ4n) is 2.73. The number of hydrogen-bond acceptors (Lipinski definition) is 6. The van der Waals surface area contributed by atoms with Gasteiger partial charge in [-0.1, -0.05) is 11.6 Å². The van der Waals surface area contributed by atoms with E-state index in [9.17, 15) is 22.4 Å². The molecule has 9 nitrogen and oxygen atoms in total. The Morgan fingerprint density at radius 2 is 1.75 bits per heavy atom. The van der Waals surface area contributed by atoms with E-state index in [2.05, 4.69) is 10.4 Å². The fourth-order valence-corrected chi connectivity index (χ4v) is 3.59. The highest BCUT2D eigenvalue weighted by molar-refractivity contribution is 7.89. The van der Waals surface area contributed by atoms with Gasteiger partial charge < -0.3 is 10.1 Å². The molecule has 168 valence electrons. The van der Waals surface area contributed by atoms with Crippen molar-refractivity contribution in [3.05, 3.63) is 70.8 Å². The maximum Gasteiger partial charge on any atom is 0.344 e. The molecule has 0 saturated heterocycles. The molecule has 3 rings (SSSR count). The number of aryl methyl sites for hydroxylation is 1. The highest BCUT2D eigenvalue weighted by atomic mass is 35.5. The number of nitrogens with zero attached hydrogens (tertiary/aromatic N) is 2. The first kappa shape index (κ1) is 23.4. The van der Waals surface area contributed by atoms with E-state index >= 15 is 0 Å². The van der Waals surface area contributed by atoms with E-state index in [4.69, 9.17) is 21.5 Å². The molecule has 32 heavy (non-hydrogen) atoms. The van der Waals surface area contributed by atoms with Crippen molar-refractivity contribution in [1.29, 1.82) is 0 Å². The number of halogens is 2. The molecule has 1 aromatic heterocycles. The average Bonchev–Trinajstić information content (AvgIpc) is 3.02. The number of anilines is 1. The third kappa shape index (κ3) is 5.13. The summed E-state index contributed by atoms with van der Waals surface area (Å²) in [6.45, 7) is 2.90. The lowest BCUT2D eigenvalue weighted by Crippen LogP contribution is -2.30. The summed E-state index contributed by atoms with van der Waals surface area (Å²) in [4.78, 5) is 24.9. The first-order valence-electron chi connectivity index (χ1n) is 9.13. The van der Waals surface area contributed by atoms with E-state index < -0.39 is 33.8 Å². The molecule has 1 heterocycles. The summed E-state index contributed by atoms with van der Waals surface area (Å²) >= 11 is 6.29. The third-order valence-electron chi connectivity index (χ3n) is 4.38. The van der Waals surface area contributed by atoms with E-state index in [-0.39, 0.29) is 27.0 Å². The molecule has 0 saturated carbocycles. The van der Waals surface area contributed by atoms with Gasteiger partial charge in [-0.2, -0.15) is 5.10 Å². The summed E-state index contributed by atoms with van der Waals surface area (Å²) in [6.07, 6.45) is -1.20. The van der Waals surface area contributed by atoms with Gasteiger partial charge in [0, 0.05) is 5.69 Å². The molecule has 0 aliphatic heterocycles. The molecule has 0 spiro atoms. The van der Waals surface area contributed by atoms with Crippen LogP contribution in [0.25, 0.3) is 5.69 Å². The SMILES string of the molecule is Cc1nn(-c2ccc(F)cc2)c(Cl)c1C(=O)OC(C)C(=O)Nc1ccc(S(N)(=O)=O)cc1. The van der Waals surface area contributed by atoms with Crippen molar-refractivity contribution in [2.24, 2.45) is 5.14 Å². The van der Waals surface area contributed by atoms with Gasteiger partial charge in [0.15, 0.2) is 6.10 Å². The van der Waals surface area contributed by atoms with Gasteiger partial charge in [-0.05, 0) is 62.4 Å². The van der Waals surface area contributed by atoms with Crippen LogP contribution >= 0.6 is 11.6 Å². The van der Waals surface area contributed by atoms with Crippen molar-refractivity contribution >= 4 is 39.2 Å². The minimum Gasteiger partial charge on any atom is -0.449 e. The lowest BCUT2D eigenvalue weighted by molar-refractivity contribution is -0.123. The van der Waals surface area contributed by atoms with Gasteiger partial charge in [0.2, 0.25) is 10.0 Å². The Hall–Kier alpha value is -3.28. The fraction of sp³-hybridized carbons (Fsp3) is 0.150. The topological polar surface area (TPSA) is 133 Å². The van der Waals surface area contributed by atoms with Crippen molar-refractivity contribution < 1.29 is 27.1 Å². The van der Waals surface area contributed by atoms with E-state index in [1.165, 1.54) is 60.1 Å². The molecule has 1 atom stereocenters. The van der Waals surface area contributed by atoms with Crippen LogP contribution in [0.1, 0.15) is 23.0 Å². The Kier molecular flexibility index (Phi) is 6.63. The van der Waals surface area contributed by atoms with Crippen molar-refractivity contribution in [3.8, 4) is 5.69 Å². The Morgan fingerprint density at radius 1 is 1.16 bits per heavy atom. The smallest absolute Gasteiger partial charge is 0.344 e. The van der Waals surface area contributed by atoms with Crippen LogP contribution in [-0.4, -0.2) is 36.2 Å². The van der Waals surface area contributed by atoms with Gasteiger partial charge in [-0.3, -0.25) is 4.79 Å². The highest BCUT2D eigenvalue weighted by Crippen LogP contribution is 2.25. The van der Waals surface area contributed by atoms with Gasteiger partial charge in [-0.15, -0.1) is 0 Å². The second kappa shape index (κ2) is 9.07. The molecular weight excluding hydrogens is 463 g/mol. The first-order chi connectivity index (χ1) is 15.0. The molecule has 3 N–H and O–H groups in total. The molecule has 2 aromatic carbocycles. The number of rotatable bonds is 6. The second-order valence-corrected chi connectivity index (χ2v) is 8.67. The molecule has 0 bridgehead atoms. The van der Waals surface area contributed by atoms with E-state index in [0.717, 1.165) is 0 Å². The number of esters is 1. The Morgan fingerprint density at radius 3 is 2.31 bits per heavy atom. The largest absolute Gasteiger partial charge is 0.449 e. The minimum atomic E-state index is -3.86. The zero-order valence-corrected chi connectivity index (χ0v) is 18.4. The van der Waals surface area contributed by atoms with Gasteiger partial charge in [0.05, 0.1) is 16.3 Å². The lowest BCUT2D eigenvalue weighted by atomic mass is 10.2. The first-order valence-corrected chi connectivity index (χ1v) is 11.1. The normalized spacial score (nSPS) is 12.3. The number of carbonyl (C=O) groups is 2. The van der Waals surface area contributed by atoms with Crippen LogP contribution < -0.4 is 10.5 Å². The van der Waals surface area contributed by atoms with E-state index in [1.807, 2.05) is 0 Å².